The first kappa shape index (κ1) is 17.3. The number of carbonyl (C=O) groups excluding carboxylic acids is 2. The van der Waals surface area contributed by atoms with E-state index >= 15 is 0 Å². The molecule has 0 bridgehead atoms. The van der Waals surface area contributed by atoms with Crippen molar-refractivity contribution in [1.29, 1.82) is 0 Å². The van der Waals surface area contributed by atoms with Crippen molar-refractivity contribution in [1.82, 2.24) is 0 Å². The molecule has 0 aliphatic carbocycles. The standard InChI is InChI=1S/C10H18O4.Na/c1-2-3-8-14-10(13)7-5-4-6-9(11)12;/h2-8H2,1H3,(H,11,12);/q;+1/p-1. The van der Waals surface area contributed by atoms with Crippen LogP contribution >= 0.6 is 0 Å². The van der Waals surface area contributed by atoms with Gasteiger partial charge in [-0.2, -0.15) is 0 Å². The molecule has 0 unspecified atom stereocenters. The molecule has 82 valence electrons. The molecule has 0 saturated carbocycles. The Balaban J connectivity index is 0. The summed E-state index contributed by atoms with van der Waals surface area (Å²) in [5.74, 6) is -1.30. The van der Waals surface area contributed by atoms with E-state index in [2.05, 4.69) is 0 Å². The summed E-state index contributed by atoms with van der Waals surface area (Å²) in [4.78, 5) is 21.0. The van der Waals surface area contributed by atoms with Gasteiger partial charge in [-0.15, -0.1) is 0 Å². The molecular formula is C10H17NaO4. The summed E-state index contributed by atoms with van der Waals surface area (Å²) in [6.45, 7) is 2.49. The van der Waals surface area contributed by atoms with Gasteiger partial charge >= 0.3 is 35.5 Å². The molecule has 4 nitrogen and oxygen atoms in total. The van der Waals surface area contributed by atoms with E-state index in [0.29, 0.717) is 25.9 Å². The van der Waals surface area contributed by atoms with Gasteiger partial charge in [-0.3, -0.25) is 4.79 Å². The maximum atomic E-state index is 11.0. The van der Waals surface area contributed by atoms with E-state index in [0.717, 1.165) is 12.8 Å². The molecule has 0 aliphatic rings. The Bertz CT molecular complexity index is 182. The molecule has 15 heavy (non-hydrogen) atoms. The normalized spacial score (nSPS) is 9.13. The van der Waals surface area contributed by atoms with Gasteiger partial charge in [-0.1, -0.05) is 13.3 Å². The number of hydrogen-bond acceptors (Lipinski definition) is 4. The van der Waals surface area contributed by atoms with Gasteiger partial charge < -0.3 is 14.6 Å². The van der Waals surface area contributed by atoms with Gasteiger partial charge in [0.15, 0.2) is 0 Å². The van der Waals surface area contributed by atoms with Gasteiger partial charge in [-0.05, 0) is 25.7 Å². The van der Waals surface area contributed by atoms with Crippen molar-refractivity contribution >= 4 is 11.9 Å². The van der Waals surface area contributed by atoms with Crippen LogP contribution in [0.5, 0.6) is 0 Å². The molecule has 0 aliphatic heterocycles. The summed E-state index contributed by atoms with van der Waals surface area (Å²) in [5.41, 5.74) is 0. The third-order valence-corrected chi connectivity index (χ3v) is 1.77. The number of aliphatic carboxylic acids is 1. The van der Waals surface area contributed by atoms with Crippen LogP contribution in [0.1, 0.15) is 45.4 Å². The summed E-state index contributed by atoms with van der Waals surface area (Å²) in [6.07, 6.45) is 3.23. The minimum Gasteiger partial charge on any atom is -0.550 e. The molecule has 0 heterocycles. The molecule has 0 atom stereocenters. The number of esters is 1. The van der Waals surface area contributed by atoms with Crippen molar-refractivity contribution in [2.45, 2.75) is 45.4 Å². The molecule has 0 radical (unpaired) electrons. The molecular weight excluding hydrogens is 207 g/mol. The fraction of sp³-hybridized carbons (Fsp3) is 0.800. The van der Waals surface area contributed by atoms with Crippen LogP contribution in [0.2, 0.25) is 0 Å². The summed E-state index contributed by atoms with van der Waals surface area (Å²) in [6, 6.07) is 0. The third-order valence-electron chi connectivity index (χ3n) is 1.77. The molecule has 0 saturated heterocycles. The van der Waals surface area contributed by atoms with Gasteiger partial charge in [0.05, 0.1) is 6.61 Å². The van der Waals surface area contributed by atoms with Gasteiger partial charge in [0, 0.05) is 12.4 Å². The maximum absolute atomic E-state index is 11.0. The number of carboxylic acids is 1. The second-order valence-electron chi connectivity index (χ2n) is 3.15. The SMILES string of the molecule is CCCCOC(=O)CCCCC(=O)[O-].[Na+]. The predicted octanol–water partition coefficient (Wildman–Crippen LogP) is -2.36. The van der Waals surface area contributed by atoms with Crippen LogP contribution in [-0.4, -0.2) is 18.5 Å². The first-order valence-corrected chi connectivity index (χ1v) is 5.02. The molecule has 0 fully saturated rings. The van der Waals surface area contributed by atoms with Crippen molar-refractivity contribution in [3.05, 3.63) is 0 Å². The fourth-order valence-corrected chi connectivity index (χ4v) is 0.941. The zero-order chi connectivity index (χ0) is 10.8. The van der Waals surface area contributed by atoms with E-state index in [9.17, 15) is 14.7 Å². The van der Waals surface area contributed by atoms with E-state index in [1.807, 2.05) is 6.92 Å². The number of hydrogen-bond donors (Lipinski definition) is 0. The van der Waals surface area contributed by atoms with Gasteiger partial charge in [0.25, 0.3) is 0 Å². The van der Waals surface area contributed by atoms with Crippen LogP contribution in [0.3, 0.4) is 0 Å². The van der Waals surface area contributed by atoms with E-state index in [1.165, 1.54) is 0 Å². The zero-order valence-corrected chi connectivity index (χ0v) is 11.6. The fourth-order valence-electron chi connectivity index (χ4n) is 0.941. The van der Waals surface area contributed by atoms with Gasteiger partial charge in [0.2, 0.25) is 0 Å². The number of carbonyl (C=O) groups is 2. The van der Waals surface area contributed by atoms with Crippen molar-refractivity contribution in [2.24, 2.45) is 0 Å². The molecule has 0 aromatic heterocycles. The van der Waals surface area contributed by atoms with Crippen LogP contribution in [-0.2, 0) is 14.3 Å². The Morgan fingerprint density at radius 2 is 1.73 bits per heavy atom. The van der Waals surface area contributed by atoms with Crippen molar-refractivity contribution in [3.63, 3.8) is 0 Å². The summed E-state index contributed by atoms with van der Waals surface area (Å²) >= 11 is 0. The van der Waals surface area contributed by atoms with E-state index in [-0.39, 0.29) is 41.9 Å². The first-order chi connectivity index (χ1) is 6.66. The first-order valence-electron chi connectivity index (χ1n) is 5.02. The van der Waals surface area contributed by atoms with Crippen molar-refractivity contribution in [2.75, 3.05) is 6.61 Å². The zero-order valence-electron chi connectivity index (χ0n) is 9.58. The van der Waals surface area contributed by atoms with Crippen LogP contribution in [0, 0.1) is 0 Å². The quantitative estimate of drug-likeness (QED) is 0.263. The minimum atomic E-state index is -1.07. The monoisotopic (exact) mass is 224 g/mol. The molecule has 0 aromatic rings. The van der Waals surface area contributed by atoms with E-state index in [1.54, 1.807) is 0 Å². The molecule has 0 N–H and O–H groups in total. The van der Waals surface area contributed by atoms with Gasteiger partial charge in [-0.25, -0.2) is 0 Å². The number of rotatable bonds is 8. The Hall–Kier alpha value is -0.0600. The summed E-state index contributed by atoms with van der Waals surface area (Å²) in [7, 11) is 0. The third kappa shape index (κ3) is 13.9. The molecule has 0 rings (SSSR count). The van der Waals surface area contributed by atoms with E-state index < -0.39 is 5.97 Å². The largest absolute Gasteiger partial charge is 1.00 e. The maximum Gasteiger partial charge on any atom is 1.00 e. The average molecular weight is 224 g/mol. The minimum absolute atomic E-state index is 0. The Labute approximate surface area is 113 Å². The molecule has 0 aromatic carbocycles. The average Bonchev–Trinajstić information content (AvgIpc) is 2.13. The summed E-state index contributed by atoms with van der Waals surface area (Å²) < 4.78 is 4.89. The Morgan fingerprint density at radius 3 is 2.27 bits per heavy atom. The Morgan fingerprint density at radius 1 is 1.13 bits per heavy atom. The topological polar surface area (TPSA) is 66.4 Å². The second-order valence-corrected chi connectivity index (χ2v) is 3.15. The van der Waals surface area contributed by atoms with E-state index in [4.69, 9.17) is 4.74 Å². The number of ether oxygens (including phenoxy) is 1. The predicted molar refractivity (Wildman–Crippen MR) is 49.3 cm³/mol. The summed E-state index contributed by atoms with van der Waals surface area (Å²) in [5, 5.41) is 10.0. The molecule has 0 spiro atoms. The number of carboxylic acid groups (broad SMARTS) is 1. The Kier molecular flexibility index (Phi) is 13.9. The van der Waals surface area contributed by atoms with Crippen LogP contribution in [0.15, 0.2) is 0 Å². The number of unbranched alkanes of at least 4 members (excludes halogenated alkanes) is 2. The van der Waals surface area contributed by atoms with Crippen LogP contribution in [0.25, 0.3) is 0 Å². The van der Waals surface area contributed by atoms with Crippen molar-refractivity contribution < 1.29 is 49.0 Å². The molecule has 5 heteroatoms. The van der Waals surface area contributed by atoms with Crippen LogP contribution in [0.4, 0.5) is 0 Å². The van der Waals surface area contributed by atoms with Crippen molar-refractivity contribution in [3.8, 4) is 0 Å². The smallest absolute Gasteiger partial charge is 0.550 e. The van der Waals surface area contributed by atoms with Crippen LogP contribution < -0.4 is 34.7 Å². The molecule has 0 amide bonds. The second kappa shape index (κ2) is 12.0. The van der Waals surface area contributed by atoms with Gasteiger partial charge in [0.1, 0.15) is 0 Å².